The molecule has 1 N–H and O–H groups in total. The van der Waals surface area contributed by atoms with E-state index in [4.69, 9.17) is 0 Å². The van der Waals surface area contributed by atoms with Crippen LogP contribution in [0.3, 0.4) is 0 Å². The molecule has 0 aliphatic heterocycles. The van der Waals surface area contributed by atoms with E-state index in [0.717, 1.165) is 11.4 Å². The van der Waals surface area contributed by atoms with Crippen LogP contribution in [0.4, 0.5) is 0 Å². The topological polar surface area (TPSA) is 24.9 Å². The molecule has 1 aromatic carbocycles. The molecule has 4 heteroatoms. The average Bonchev–Trinajstić information content (AvgIpc) is 2.73. The van der Waals surface area contributed by atoms with Gasteiger partial charge in [0.1, 0.15) is 0 Å². The van der Waals surface area contributed by atoms with E-state index >= 15 is 0 Å². The first-order valence-electron chi connectivity index (χ1n) is 5.53. The number of halogens is 1. The number of nitrogens with one attached hydrogen (secondary N) is 1. The zero-order chi connectivity index (χ0) is 12.3. The third-order valence-electron chi connectivity index (χ3n) is 2.70. The highest BCUT2D eigenvalue weighted by Gasteiger charge is 2.11. The van der Waals surface area contributed by atoms with Gasteiger partial charge in [-0.1, -0.05) is 12.1 Å². The summed E-state index contributed by atoms with van der Waals surface area (Å²) < 4.78 is 1.27. The lowest BCUT2D eigenvalue weighted by Crippen LogP contribution is -2.18. The van der Waals surface area contributed by atoms with Crippen molar-refractivity contribution in [3.05, 3.63) is 49.5 Å². The minimum absolute atomic E-state index is 0.341. The van der Waals surface area contributed by atoms with E-state index in [-0.39, 0.29) is 0 Å². The summed E-state index contributed by atoms with van der Waals surface area (Å²) in [4.78, 5) is 4.52. The van der Waals surface area contributed by atoms with E-state index < -0.39 is 0 Å². The molecule has 0 spiro atoms. The summed E-state index contributed by atoms with van der Waals surface area (Å²) in [6.07, 6.45) is 0.946. The molecule has 0 amide bonds. The van der Waals surface area contributed by atoms with Crippen LogP contribution in [0.5, 0.6) is 0 Å². The van der Waals surface area contributed by atoms with Crippen molar-refractivity contribution in [2.75, 3.05) is 7.05 Å². The number of benzene rings is 1. The summed E-state index contributed by atoms with van der Waals surface area (Å²) in [6, 6.07) is 9.00. The third kappa shape index (κ3) is 3.50. The Morgan fingerprint density at radius 3 is 2.59 bits per heavy atom. The van der Waals surface area contributed by atoms with E-state index in [2.05, 4.69) is 62.5 Å². The van der Waals surface area contributed by atoms with E-state index in [0.29, 0.717) is 6.04 Å². The molecular weight excluding hydrogens is 343 g/mol. The van der Waals surface area contributed by atoms with Gasteiger partial charge in [-0.05, 0) is 54.3 Å². The molecule has 1 aromatic heterocycles. The van der Waals surface area contributed by atoms with Crippen LogP contribution in [0.2, 0.25) is 0 Å². The van der Waals surface area contributed by atoms with Crippen molar-refractivity contribution in [1.29, 1.82) is 0 Å². The first kappa shape index (κ1) is 13.0. The monoisotopic (exact) mass is 358 g/mol. The summed E-state index contributed by atoms with van der Waals surface area (Å²) in [6.45, 7) is 2.05. The molecule has 2 rings (SSSR count). The highest BCUT2D eigenvalue weighted by atomic mass is 127. The maximum absolute atomic E-state index is 4.52. The zero-order valence-corrected chi connectivity index (χ0v) is 12.9. The molecule has 90 valence electrons. The number of rotatable bonds is 4. The number of aryl methyl sites for hydroxylation is 1. The van der Waals surface area contributed by atoms with E-state index in [9.17, 15) is 0 Å². The van der Waals surface area contributed by atoms with E-state index in [1.807, 2.05) is 14.0 Å². The molecule has 0 saturated heterocycles. The Hall–Kier alpha value is -0.460. The van der Waals surface area contributed by atoms with Crippen molar-refractivity contribution in [2.24, 2.45) is 0 Å². The van der Waals surface area contributed by atoms with Gasteiger partial charge in [0.25, 0.3) is 0 Å². The van der Waals surface area contributed by atoms with Crippen LogP contribution in [0, 0.1) is 10.5 Å². The summed E-state index contributed by atoms with van der Waals surface area (Å²) in [5.74, 6) is 0. The first-order valence-corrected chi connectivity index (χ1v) is 7.48. The van der Waals surface area contributed by atoms with Gasteiger partial charge in [-0.15, -0.1) is 11.3 Å². The molecule has 0 saturated carbocycles. The van der Waals surface area contributed by atoms with Gasteiger partial charge in [0, 0.05) is 21.4 Å². The number of likely N-dealkylation sites (N-methyl/N-ethyl adjacent to an activating group) is 1. The van der Waals surface area contributed by atoms with Crippen molar-refractivity contribution in [2.45, 2.75) is 19.4 Å². The van der Waals surface area contributed by atoms with Crippen LogP contribution in [-0.2, 0) is 6.42 Å². The first-order chi connectivity index (χ1) is 8.19. The summed E-state index contributed by atoms with van der Waals surface area (Å²) in [7, 11) is 2.00. The Morgan fingerprint density at radius 2 is 2.06 bits per heavy atom. The molecule has 0 fully saturated rings. The van der Waals surface area contributed by atoms with Gasteiger partial charge >= 0.3 is 0 Å². The number of nitrogens with zero attached hydrogens (tertiary/aromatic N) is 1. The number of hydrogen-bond acceptors (Lipinski definition) is 3. The highest BCUT2D eigenvalue weighted by Crippen LogP contribution is 2.20. The van der Waals surface area contributed by atoms with Crippen molar-refractivity contribution >= 4 is 33.9 Å². The zero-order valence-electron chi connectivity index (χ0n) is 9.90. The summed E-state index contributed by atoms with van der Waals surface area (Å²) in [5, 5.41) is 6.64. The fraction of sp³-hybridized carbons (Fsp3) is 0.308. The SMILES string of the molecule is CNC(Cc1csc(C)n1)c1ccc(I)cc1. The van der Waals surface area contributed by atoms with Crippen LogP contribution in [-0.4, -0.2) is 12.0 Å². The molecule has 0 aliphatic rings. The minimum atomic E-state index is 0.341. The fourth-order valence-electron chi connectivity index (χ4n) is 1.79. The Morgan fingerprint density at radius 1 is 1.35 bits per heavy atom. The quantitative estimate of drug-likeness (QED) is 0.846. The molecule has 1 unspecified atom stereocenters. The second-order valence-electron chi connectivity index (χ2n) is 3.95. The molecule has 17 heavy (non-hydrogen) atoms. The molecular formula is C13H15IN2S. The largest absolute Gasteiger partial charge is 0.313 e. The molecule has 0 radical (unpaired) electrons. The van der Waals surface area contributed by atoms with Gasteiger partial charge in [0.15, 0.2) is 0 Å². The van der Waals surface area contributed by atoms with E-state index in [1.165, 1.54) is 14.8 Å². The van der Waals surface area contributed by atoms with Crippen molar-refractivity contribution < 1.29 is 0 Å². The van der Waals surface area contributed by atoms with Gasteiger partial charge in [0.05, 0.1) is 10.7 Å². The van der Waals surface area contributed by atoms with Gasteiger partial charge < -0.3 is 5.32 Å². The Balaban J connectivity index is 2.13. The lowest BCUT2D eigenvalue weighted by atomic mass is 10.0. The number of aromatic nitrogens is 1. The molecule has 2 nitrogen and oxygen atoms in total. The Bertz CT molecular complexity index is 478. The highest BCUT2D eigenvalue weighted by molar-refractivity contribution is 14.1. The van der Waals surface area contributed by atoms with Gasteiger partial charge in [-0.2, -0.15) is 0 Å². The van der Waals surface area contributed by atoms with Crippen molar-refractivity contribution in [1.82, 2.24) is 10.3 Å². The minimum Gasteiger partial charge on any atom is -0.313 e. The molecule has 1 heterocycles. The number of thiazole rings is 1. The normalized spacial score (nSPS) is 12.6. The standard InChI is InChI=1S/C13H15IN2S/c1-9-16-12(8-17-9)7-13(15-2)10-3-5-11(14)6-4-10/h3-6,8,13,15H,7H2,1-2H3. The van der Waals surface area contributed by atoms with Crippen LogP contribution < -0.4 is 5.32 Å². The van der Waals surface area contributed by atoms with Crippen molar-refractivity contribution in [3.63, 3.8) is 0 Å². The maximum Gasteiger partial charge on any atom is 0.0897 e. The fourth-order valence-corrected chi connectivity index (χ4v) is 2.78. The van der Waals surface area contributed by atoms with Crippen LogP contribution in [0.1, 0.15) is 22.3 Å². The number of hydrogen-bond donors (Lipinski definition) is 1. The van der Waals surface area contributed by atoms with Crippen LogP contribution >= 0.6 is 33.9 Å². The summed E-state index contributed by atoms with van der Waals surface area (Å²) in [5.41, 5.74) is 2.49. The predicted octanol–water partition coefficient (Wildman–Crippen LogP) is 3.56. The summed E-state index contributed by atoms with van der Waals surface area (Å²) >= 11 is 4.04. The van der Waals surface area contributed by atoms with Crippen molar-refractivity contribution in [3.8, 4) is 0 Å². The second kappa shape index (κ2) is 5.93. The van der Waals surface area contributed by atoms with Gasteiger partial charge in [-0.3, -0.25) is 0 Å². The van der Waals surface area contributed by atoms with E-state index in [1.54, 1.807) is 11.3 Å². The smallest absolute Gasteiger partial charge is 0.0897 e. The Kier molecular flexibility index (Phi) is 4.53. The molecule has 0 bridgehead atoms. The molecule has 1 atom stereocenters. The van der Waals surface area contributed by atoms with Crippen LogP contribution in [0.25, 0.3) is 0 Å². The van der Waals surface area contributed by atoms with Gasteiger partial charge in [-0.25, -0.2) is 4.98 Å². The Labute approximate surface area is 120 Å². The molecule has 0 aliphatic carbocycles. The lowest BCUT2D eigenvalue weighted by Gasteiger charge is -2.15. The predicted molar refractivity (Wildman–Crippen MR) is 81.5 cm³/mol. The third-order valence-corrected chi connectivity index (χ3v) is 4.24. The van der Waals surface area contributed by atoms with Gasteiger partial charge in [0.2, 0.25) is 0 Å². The van der Waals surface area contributed by atoms with Crippen LogP contribution in [0.15, 0.2) is 29.6 Å². The second-order valence-corrected chi connectivity index (χ2v) is 6.26. The molecule has 2 aromatic rings. The maximum atomic E-state index is 4.52. The average molecular weight is 358 g/mol. The lowest BCUT2D eigenvalue weighted by molar-refractivity contribution is 0.585.